The summed E-state index contributed by atoms with van der Waals surface area (Å²) < 4.78 is 0. The standard InChI is InChI=1S/C12H12Cl2N4/c1-2-9(8-6-4-3-5-7-8)15-12-17-10(13)16-11(14)18-12/h3-7,9H,2H2,1H3,(H,15,16,17,18). The van der Waals surface area contributed by atoms with Gasteiger partial charge in [0.1, 0.15) is 0 Å². The molecule has 2 rings (SSSR count). The zero-order valence-corrected chi connectivity index (χ0v) is 11.3. The third-order valence-electron chi connectivity index (χ3n) is 2.49. The van der Waals surface area contributed by atoms with Gasteiger partial charge in [-0.15, -0.1) is 0 Å². The van der Waals surface area contributed by atoms with Crippen LogP contribution in [-0.4, -0.2) is 15.0 Å². The maximum absolute atomic E-state index is 5.74. The van der Waals surface area contributed by atoms with Gasteiger partial charge in [-0.3, -0.25) is 0 Å². The van der Waals surface area contributed by atoms with E-state index >= 15 is 0 Å². The lowest BCUT2D eigenvalue weighted by molar-refractivity contribution is 0.736. The van der Waals surface area contributed by atoms with Crippen molar-refractivity contribution < 1.29 is 0 Å². The van der Waals surface area contributed by atoms with Crippen molar-refractivity contribution in [3.63, 3.8) is 0 Å². The molecular weight excluding hydrogens is 271 g/mol. The van der Waals surface area contributed by atoms with Gasteiger partial charge in [-0.05, 0) is 35.2 Å². The average molecular weight is 283 g/mol. The molecule has 18 heavy (non-hydrogen) atoms. The van der Waals surface area contributed by atoms with Gasteiger partial charge in [0.15, 0.2) is 0 Å². The van der Waals surface area contributed by atoms with E-state index in [-0.39, 0.29) is 16.6 Å². The molecule has 1 heterocycles. The lowest BCUT2D eigenvalue weighted by Crippen LogP contribution is -2.12. The molecular formula is C12H12Cl2N4. The molecule has 0 spiro atoms. The van der Waals surface area contributed by atoms with Crippen LogP contribution < -0.4 is 5.32 Å². The monoisotopic (exact) mass is 282 g/mol. The molecule has 0 saturated carbocycles. The lowest BCUT2D eigenvalue weighted by Gasteiger charge is -2.17. The first-order valence-corrected chi connectivity index (χ1v) is 6.33. The van der Waals surface area contributed by atoms with E-state index in [2.05, 4.69) is 27.2 Å². The molecule has 2 aromatic rings. The summed E-state index contributed by atoms with van der Waals surface area (Å²) in [6.07, 6.45) is 0.894. The zero-order valence-electron chi connectivity index (χ0n) is 9.77. The van der Waals surface area contributed by atoms with E-state index in [1.165, 1.54) is 0 Å². The molecule has 1 aromatic carbocycles. The van der Waals surface area contributed by atoms with Gasteiger partial charge in [-0.25, -0.2) is 0 Å². The van der Waals surface area contributed by atoms with Crippen molar-refractivity contribution in [3.8, 4) is 0 Å². The minimum Gasteiger partial charge on any atom is -0.347 e. The Labute approximate surface area is 115 Å². The topological polar surface area (TPSA) is 50.7 Å². The lowest BCUT2D eigenvalue weighted by atomic mass is 10.1. The van der Waals surface area contributed by atoms with Crippen molar-refractivity contribution in [3.05, 3.63) is 46.5 Å². The van der Waals surface area contributed by atoms with E-state index < -0.39 is 0 Å². The van der Waals surface area contributed by atoms with Crippen LogP contribution in [0.15, 0.2) is 30.3 Å². The summed E-state index contributed by atoms with van der Waals surface area (Å²) in [6, 6.07) is 10.2. The Morgan fingerprint density at radius 3 is 2.22 bits per heavy atom. The number of anilines is 1. The van der Waals surface area contributed by atoms with Crippen LogP contribution in [0.25, 0.3) is 0 Å². The summed E-state index contributed by atoms with van der Waals surface area (Å²) in [5, 5.41) is 3.36. The van der Waals surface area contributed by atoms with Crippen molar-refractivity contribution in [2.45, 2.75) is 19.4 Å². The van der Waals surface area contributed by atoms with Crippen molar-refractivity contribution in [1.29, 1.82) is 0 Å². The van der Waals surface area contributed by atoms with Crippen molar-refractivity contribution in [1.82, 2.24) is 15.0 Å². The Bertz CT molecular complexity index is 498. The van der Waals surface area contributed by atoms with Crippen molar-refractivity contribution in [2.24, 2.45) is 0 Å². The van der Waals surface area contributed by atoms with Crippen LogP contribution in [0.3, 0.4) is 0 Å². The number of hydrogen-bond donors (Lipinski definition) is 1. The van der Waals surface area contributed by atoms with Crippen LogP contribution >= 0.6 is 23.2 Å². The largest absolute Gasteiger partial charge is 0.347 e. The average Bonchev–Trinajstić information content (AvgIpc) is 2.36. The second-order valence-electron chi connectivity index (χ2n) is 3.71. The van der Waals surface area contributed by atoms with Crippen LogP contribution in [-0.2, 0) is 0 Å². The van der Waals surface area contributed by atoms with Crippen LogP contribution in [0.2, 0.25) is 10.6 Å². The Kier molecular flexibility index (Phi) is 4.33. The molecule has 0 radical (unpaired) electrons. The van der Waals surface area contributed by atoms with Crippen molar-refractivity contribution >= 4 is 29.2 Å². The summed E-state index contributed by atoms with van der Waals surface area (Å²) in [6.45, 7) is 2.08. The predicted molar refractivity (Wildman–Crippen MR) is 72.9 cm³/mol. The first-order valence-electron chi connectivity index (χ1n) is 5.57. The van der Waals surface area contributed by atoms with Crippen LogP contribution in [0.4, 0.5) is 5.95 Å². The molecule has 0 amide bonds. The number of aromatic nitrogens is 3. The molecule has 4 nitrogen and oxygen atoms in total. The van der Waals surface area contributed by atoms with Crippen LogP contribution in [0, 0.1) is 0 Å². The second-order valence-corrected chi connectivity index (χ2v) is 4.39. The smallest absolute Gasteiger partial charge is 0.228 e. The second kappa shape index (κ2) is 5.98. The molecule has 1 N–H and O–H groups in total. The fourth-order valence-corrected chi connectivity index (χ4v) is 2.02. The molecule has 6 heteroatoms. The fourth-order valence-electron chi connectivity index (χ4n) is 1.65. The molecule has 1 atom stereocenters. The highest BCUT2D eigenvalue weighted by molar-refractivity contribution is 6.31. The van der Waals surface area contributed by atoms with Gasteiger partial charge in [0.25, 0.3) is 0 Å². The van der Waals surface area contributed by atoms with Gasteiger partial charge in [-0.2, -0.15) is 15.0 Å². The molecule has 1 aromatic heterocycles. The normalized spacial score (nSPS) is 12.2. The summed E-state index contributed by atoms with van der Waals surface area (Å²) in [5.41, 5.74) is 1.16. The molecule has 0 aliphatic carbocycles. The highest BCUT2D eigenvalue weighted by Crippen LogP contribution is 2.21. The fraction of sp³-hybridized carbons (Fsp3) is 0.250. The quantitative estimate of drug-likeness (QED) is 0.928. The van der Waals surface area contributed by atoms with Gasteiger partial charge in [0, 0.05) is 0 Å². The van der Waals surface area contributed by atoms with E-state index in [4.69, 9.17) is 23.2 Å². The van der Waals surface area contributed by atoms with E-state index in [9.17, 15) is 0 Å². The molecule has 0 bridgehead atoms. The van der Waals surface area contributed by atoms with Gasteiger partial charge < -0.3 is 5.32 Å². The number of benzene rings is 1. The van der Waals surface area contributed by atoms with E-state index in [1.54, 1.807) is 0 Å². The molecule has 0 aliphatic rings. The van der Waals surface area contributed by atoms with Crippen molar-refractivity contribution in [2.75, 3.05) is 5.32 Å². The Morgan fingerprint density at radius 1 is 1.06 bits per heavy atom. The Balaban J connectivity index is 2.20. The highest BCUT2D eigenvalue weighted by atomic mass is 35.5. The van der Waals surface area contributed by atoms with E-state index in [0.29, 0.717) is 5.95 Å². The summed E-state index contributed by atoms with van der Waals surface area (Å²) in [7, 11) is 0. The Hall–Kier alpha value is -1.39. The van der Waals surface area contributed by atoms with Gasteiger partial charge in [0.05, 0.1) is 6.04 Å². The van der Waals surface area contributed by atoms with Gasteiger partial charge >= 0.3 is 0 Å². The maximum Gasteiger partial charge on any atom is 0.228 e. The number of nitrogens with one attached hydrogen (secondary N) is 1. The predicted octanol–water partition coefficient (Wildman–Crippen LogP) is 3.74. The molecule has 94 valence electrons. The van der Waals surface area contributed by atoms with Crippen LogP contribution in [0.5, 0.6) is 0 Å². The number of hydrogen-bond acceptors (Lipinski definition) is 4. The SMILES string of the molecule is CCC(Nc1nc(Cl)nc(Cl)n1)c1ccccc1. The number of nitrogens with zero attached hydrogens (tertiary/aromatic N) is 3. The number of rotatable bonds is 4. The minimum atomic E-state index is 0.0837. The maximum atomic E-state index is 5.74. The summed E-state index contributed by atoms with van der Waals surface area (Å²) >= 11 is 11.5. The third-order valence-corrected chi connectivity index (χ3v) is 2.83. The number of halogens is 2. The van der Waals surface area contributed by atoms with Crippen LogP contribution in [0.1, 0.15) is 24.9 Å². The first-order chi connectivity index (χ1) is 8.69. The highest BCUT2D eigenvalue weighted by Gasteiger charge is 2.11. The zero-order chi connectivity index (χ0) is 13.0. The van der Waals surface area contributed by atoms with Gasteiger partial charge in [-0.1, -0.05) is 37.3 Å². The third kappa shape index (κ3) is 3.31. The van der Waals surface area contributed by atoms with E-state index in [0.717, 1.165) is 12.0 Å². The summed E-state index contributed by atoms with van der Waals surface area (Å²) in [5.74, 6) is 0.385. The molecule has 0 fully saturated rings. The first kappa shape index (κ1) is 13.1. The van der Waals surface area contributed by atoms with E-state index in [1.807, 2.05) is 30.3 Å². The molecule has 0 saturated heterocycles. The molecule has 1 unspecified atom stereocenters. The minimum absolute atomic E-state index is 0.0837. The Morgan fingerprint density at radius 2 is 1.67 bits per heavy atom. The van der Waals surface area contributed by atoms with Gasteiger partial charge in [0.2, 0.25) is 16.5 Å². The molecule has 0 aliphatic heterocycles. The summed E-state index contributed by atoms with van der Waals surface area (Å²) in [4.78, 5) is 11.7.